The molecule has 0 bridgehead atoms. The Kier molecular flexibility index (Phi) is 2.82. The summed E-state index contributed by atoms with van der Waals surface area (Å²) in [6, 6.07) is 9.92. The first-order valence-electron chi connectivity index (χ1n) is 6.44. The molecule has 1 aromatic carbocycles. The summed E-state index contributed by atoms with van der Waals surface area (Å²) in [7, 11) is 0. The summed E-state index contributed by atoms with van der Waals surface area (Å²) in [4.78, 5) is 18.7. The van der Waals surface area contributed by atoms with E-state index < -0.39 is 0 Å². The number of aromatic nitrogens is 1. The van der Waals surface area contributed by atoms with Gasteiger partial charge in [-0.15, -0.1) is 0 Å². The number of hydrogen-bond donors (Lipinski definition) is 0. The smallest absolute Gasteiger partial charge is 0.254 e. The zero-order valence-electron chi connectivity index (χ0n) is 11.2. The molecule has 0 fully saturated rings. The summed E-state index contributed by atoms with van der Waals surface area (Å²) in [5.74, 6) is 0.0931. The van der Waals surface area contributed by atoms with Gasteiger partial charge in [0.25, 0.3) is 5.91 Å². The first-order chi connectivity index (χ1) is 9.15. The van der Waals surface area contributed by atoms with Gasteiger partial charge >= 0.3 is 0 Å². The number of nitrogens with zero attached hydrogens (tertiary/aromatic N) is 2. The Labute approximate surface area is 112 Å². The van der Waals surface area contributed by atoms with E-state index in [2.05, 4.69) is 11.1 Å². The fourth-order valence-electron chi connectivity index (χ4n) is 2.57. The van der Waals surface area contributed by atoms with E-state index in [1.165, 1.54) is 5.56 Å². The zero-order chi connectivity index (χ0) is 13.4. The van der Waals surface area contributed by atoms with E-state index in [0.29, 0.717) is 13.1 Å². The second kappa shape index (κ2) is 4.50. The van der Waals surface area contributed by atoms with E-state index in [0.717, 1.165) is 22.4 Å². The maximum Gasteiger partial charge on any atom is 0.254 e. The van der Waals surface area contributed by atoms with E-state index in [9.17, 15) is 4.79 Å². The van der Waals surface area contributed by atoms with Crippen molar-refractivity contribution >= 4 is 5.91 Å². The maximum absolute atomic E-state index is 12.5. The van der Waals surface area contributed by atoms with Gasteiger partial charge in [0.05, 0.1) is 12.2 Å². The Hall–Kier alpha value is -2.16. The van der Waals surface area contributed by atoms with Crippen molar-refractivity contribution in [3.63, 3.8) is 0 Å². The lowest BCUT2D eigenvalue weighted by Gasteiger charge is -2.16. The zero-order valence-corrected chi connectivity index (χ0v) is 11.2. The molecule has 2 heterocycles. The summed E-state index contributed by atoms with van der Waals surface area (Å²) >= 11 is 0. The van der Waals surface area contributed by atoms with Crippen LogP contribution in [0.2, 0.25) is 0 Å². The number of aryl methyl sites for hydroxylation is 2. The summed E-state index contributed by atoms with van der Waals surface area (Å²) in [6.45, 7) is 5.30. The van der Waals surface area contributed by atoms with Crippen LogP contribution in [0.15, 0.2) is 36.5 Å². The van der Waals surface area contributed by atoms with Crippen molar-refractivity contribution in [3.05, 3.63) is 64.5 Å². The standard InChI is InChI=1S/C16H16N2O/c1-11-5-6-14(12(2)8-11)16(19)18-9-13-4-3-7-17-15(13)10-18/h3-8H,9-10H2,1-2H3. The number of benzene rings is 1. The molecule has 0 aliphatic carbocycles. The van der Waals surface area contributed by atoms with Gasteiger partial charge in [0.2, 0.25) is 0 Å². The van der Waals surface area contributed by atoms with E-state index in [-0.39, 0.29) is 5.91 Å². The third kappa shape index (κ3) is 2.12. The number of hydrogen-bond acceptors (Lipinski definition) is 2. The van der Waals surface area contributed by atoms with E-state index in [1.54, 1.807) is 6.20 Å². The van der Waals surface area contributed by atoms with Crippen LogP contribution in [0.25, 0.3) is 0 Å². The van der Waals surface area contributed by atoms with Gasteiger partial charge in [0.1, 0.15) is 0 Å². The Morgan fingerprint density at radius 3 is 2.79 bits per heavy atom. The summed E-state index contributed by atoms with van der Waals surface area (Å²) in [5, 5.41) is 0. The maximum atomic E-state index is 12.5. The predicted octanol–water partition coefficient (Wildman–Crippen LogP) is 2.85. The molecule has 19 heavy (non-hydrogen) atoms. The first kappa shape index (κ1) is 11.9. The second-order valence-corrected chi connectivity index (χ2v) is 5.09. The third-order valence-electron chi connectivity index (χ3n) is 3.59. The molecule has 1 aliphatic rings. The van der Waals surface area contributed by atoms with Crippen LogP contribution < -0.4 is 0 Å². The minimum Gasteiger partial charge on any atom is -0.328 e. The fraction of sp³-hybridized carbons (Fsp3) is 0.250. The summed E-state index contributed by atoms with van der Waals surface area (Å²) in [5.41, 5.74) is 5.17. The molecule has 0 saturated heterocycles. The number of rotatable bonds is 1. The van der Waals surface area contributed by atoms with Crippen LogP contribution in [0.5, 0.6) is 0 Å². The SMILES string of the molecule is Cc1ccc(C(=O)N2Cc3cccnc3C2)c(C)c1. The second-order valence-electron chi connectivity index (χ2n) is 5.09. The Balaban J connectivity index is 1.87. The molecule has 2 aromatic rings. The highest BCUT2D eigenvalue weighted by Gasteiger charge is 2.25. The molecule has 1 aliphatic heterocycles. The highest BCUT2D eigenvalue weighted by molar-refractivity contribution is 5.96. The lowest BCUT2D eigenvalue weighted by Crippen LogP contribution is -2.26. The van der Waals surface area contributed by atoms with Gasteiger partial charge in [-0.25, -0.2) is 0 Å². The average Bonchev–Trinajstić information content (AvgIpc) is 2.81. The molecule has 0 N–H and O–H groups in total. The Bertz CT molecular complexity index is 624. The van der Waals surface area contributed by atoms with Crippen LogP contribution in [-0.2, 0) is 13.1 Å². The molecule has 1 aromatic heterocycles. The molecular weight excluding hydrogens is 236 g/mol. The minimum atomic E-state index is 0.0931. The lowest BCUT2D eigenvalue weighted by molar-refractivity contribution is 0.0749. The molecule has 3 nitrogen and oxygen atoms in total. The topological polar surface area (TPSA) is 33.2 Å². The van der Waals surface area contributed by atoms with Crippen molar-refractivity contribution in [1.29, 1.82) is 0 Å². The van der Waals surface area contributed by atoms with Crippen molar-refractivity contribution in [2.45, 2.75) is 26.9 Å². The Morgan fingerprint density at radius 1 is 1.21 bits per heavy atom. The van der Waals surface area contributed by atoms with Crippen LogP contribution >= 0.6 is 0 Å². The first-order valence-corrected chi connectivity index (χ1v) is 6.44. The molecule has 0 unspecified atom stereocenters. The third-order valence-corrected chi connectivity index (χ3v) is 3.59. The van der Waals surface area contributed by atoms with Crippen LogP contribution in [0.1, 0.15) is 32.7 Å². The predicted molar refractivity (Wildman–Crippen MR) is 73.7 cm³/mol. The highest BCUT2D eigenvalue weighted by atomic mass is 16.2. The van der Waals surface area contributed by atoms with Crippen molar-refractivity contribution in [1.82, 2.24) is 9.88 Å². The van der Waals surface area contributed by atoms with Crippen LogP contribution in [0.3, 0.4) is 0 Å². The molecule has 0 radical (unpaired) electrons. The van der Waals surface area contributed by atoms with Crippen molar-refractivity contribution < 1.29 is 4.79 Å². The normalized spacial score (nSPS) is 13.5. The number of carbonyl (C=O) groups is 1. The largest absolute Gasteiger partial charge is 0.328 e. The average molecular weight is 252 g/mol. The van der Waals surface area contributed by atoms with Crippen molar-refractivity contribution in [2.75, 3.05) is 0 Å². The number of fused-ring (bicyclic) bond motifs is 1. The van der Waals surface area contributed by atoms with Crippen molar-refractivity contribution in [2.24, 2.45) is 0 Å². The van der Waals surface area contributed by atoms with Gasteiger partial charge < -0.3 is 4.90 Å². The van der Waals surface area contributed by atoms with Gasteiger partial charge in [-0.2, -0.15) is 0 Å². The van der Waals surface area contributed by atoms with Gasteiger partial charge in [0.15, 0.2) is 0 Å². The number of amides is 1. The number of pyridine rings is 1. The molecule has 0 spiro atoms. The van der Waals surface area contributed by atoms with Gasteiger partial charge in [-0.3, -0.25) is 9.78 Å². The van der Waals surface area contributed by atoms with Crippen molar-refractivity contribution in [3.8, 4) is 0 Å². The van der Waals surface area contributed by atoms with Gasteiger partial charge in [-0.05, 0) is 37.1 Å². The van der Waals surface area contributed by atoms with Crippen LogP contribution in [0, 0.1) is 13.8 Å². The molecule has 96 valence electrons. The summed E-state index contributed by atoms with van der Waals surface area (Å²) in [6.07, 6.45) is 1.78. The van der Waals surface area contributed by atoms with E-state index in [4.69, 9.17) is 0 Å². The van der Waals surface area contributed by atoms with Gasteiger partial charge in [0, 0.05) is 18.3 Å². The fourth-order valence-corrected chi connectivity index (χ4v) is 2.57. The number of carbonyl (C=O) groups excluding carboxylic acids is 1. The van der Waals surface area contributed by atoms with Crippen LogP contribution in [0.4, 0.5) is 0 Å². The molecule has 3 heteroatoms. The minimum absolute atomic E-state index is 0.0931. The molecular formula is C16H16N2O. The molecule has 1 amide bonds. The van der Waals surface area contributed by atoms with Crippen LogP contribution in [-0.4, -0.2) is 15.8 Å². The molecule has 0 saturated carbocycles. The molecule has 3 rings (SSSR count). The lowest BCUT2D eigenvalue weighted by atomic mass is 10.0. The quantitative estimate of drug-likeness (QED) is 0.782. The van der Waals surface area contributed by atoms with E-state index in [1.807, 2.05) is 43.0 Å². The Morgan fingerprint density at radius 2 is 2.05 bits per heavy atom. The summed E-state index contributed by atoms with van der Waals surface area (Å²) < 4.78 is 0. The monoisotopic (exact) mass is 252 g/mol. The van der Waals surface area contributed by atoms with E-state index >= 15 is 0 Å². The van der Waals surface area contributed by atoms with Gasteiger partial charge in [-0.1, -0.05) is 23.8 Å². The molecule has 0 atom stereocenters. The highest BCUT2D eigenvalue weighted by Crippen LogP contribution is 2.23.